The molecule has 9 atom stereocenters. The molecule has 252 valence electrons. The lowest BCUT2D eigenvalue weighted by molar-refractivity contribution is -0.217. The molecular formula is C37H63NO6. The average molecular weight is 618 g/mol. The number of rotatable bonds is 10. The number of hydrogen-bond acceptors (Lipinski definition) is 7. The van der Waals surface area contributed by atoms with Gasteiger partial charge in [0.05, 0.1) is 37.9 Å². The Morgan fingerprint density at radius 2 is 1.57 bits per heavy atom. The lowest BCUT2D eigenvalue weighted by Gasteiger charge is -2.71. The highest BCUT2D eigenvalue weighted by Crippen LogP contribution is 2.75. The molecule has 0 aromatic heterocycles. The predicted molar refractivity (Wildman–Crippen MR) is 173 cm³/mol. The van der Waals surface area contributed by atoms with Crippen LogP contribution in [0.2, 0.25) is 0 Å². The summed E-state index contributed by atoms with van der Waals surface area (Å²) in [5.41, 5.74) is 0.942. The molecule has 0 aromatic rings. The molecule has 4 fully saturated rings. The smallest absolute Gasteiger partial charge is 0.312 e. The van der Waals surface area contributed by atoms with E-state index in [4.69, 9.17) is 4.74 Å². The number of aliphatic hydroxyl groups is 4. The lowest BCUT2D eigenvalue weighted by atomic mass is 9.33. The zero-order chi connectivity index (χ0) is 32.2. The number of nitrogens with zero attached hydrogens (tertiary/aromatic N) is 1. The molecule has 5 aliphatic carbocycles. The number of allylic oxidation sites excluding steroid dienone is 2. The summed E-state index contributed by atoms with van der Waals surface area (Å²) in [6, 6.07) is 0. The van der Waals surface area contributed by atoms with Crippen LogP contribution in [0.5, 0.6) is 0 Å². The molecule has 0 amide bonds. The van der Waals surface area contributed by atoms with Gasteiger partial charge in [0.2, 0.25) is 0 Å². The van der Waals surface area contributed by atoms with Crippen LogP contribution in [-0.4, -0.2) is 83.5 Å². The predicted octanol–water partition coefficient (Wildman–Crippen LogP) is 5.34. The summed E-state index contributed by atoms with van der Waals surface area (Å²) in [6.07, 6.45) is 12.5. The number of carbonyl (C=O) groups excluding carboxylic acids is 1. The SMILES string of the molecule is CC1(C)CC[C@]2(C(=O)OCCCN(CCO)CCO)CC[C@]3(C)C(=CC[C@@H]4[C@@]5(C)CC[C@H](O)[C@@](C)(CO)[C@@H]5CC[C@]43C)[C@@H]2C1. The molecule has 4 N–H and O–H groups in total. The first-order valence-corrected chi connectivity index (χ1v) is 17.8. The van der Waals surface area contributed by atoms with Crippen molar-refractivity contribution in [2.45, 2.75) is 118 Å². The van der Waals surface area contributed by atoms with Crippen molar-refractivity contribution in [2.75, 3.05) is 46.1 Å². The van der Waals surface area contributed by atoms with Gasteiger partial charge in [-0.05, 0) is 110 Å². The van der Waals surface area contributed by atoms with Crippen molar-refractivity contribution in [3.05, 3.63) is 11.6 Å². The van der Waals surface area contributed by atoms with E-state index in [1.54, 1.807) is 0 Å². The quantitative estimate of drug-likeness (QED) is 0.149. The first-order chi connectivity index (χ1) is 20.7. The Labute approximate surface area is 266 Å². The molecule has 7 nitrogen and oxygen atoms in total. The second-order valence-electron chi connectivity index (χ2n) is 17.4. The summed E-state index contributed by atoms with van der Waals surface area (Å²) in [5.74, 6) is 0.965. The van der Waals surface area contributed by atoms with Crippen molar-refractivity contribution in [3.8, 4) is 0 Å². The fourth-order valence-electron chi connectivity index (χ4n) is 11.8. The largest absolute Gasteiger partial charge is 0.465 e. The molecule has 0 unspecified atom stereocenters. The highest BCUT2D eigenvalue weighted by atomic mass is 16.5. The van der Waals surface area contributed by atoms with Crippen LogP contribution in [0, 0.1) is 50.2 Å². The van der Waals surface area contributed by atoms with E-state index in [0.717, 1.165) is 64.2 Å². The third-order valence-corrected chi connectivity index (χ3v) is 14.8. The number of hydrogen-bond donors (Lipinski definition) is 4. The van der Waals surface area contributed by atoms with Crippen molar-refractivity contribution in [2.24, 2.45) is 50.2 Å². The molecule has 0 spiro atoms. The van der Waals surface area contributed by atoms with E-state index in [1.807, 2.05) is 4.90 Å². The second kappa shape index (κ2) is 12.2. The summed E-state index contributed by atoms with van der Waals surface area (Å²) >= 11 is 0. The van der Waals surface area contributed by atoms with Crippen LogP contribution in [0.4, 0.5) is 0 Å². The fraction of sp³-hybridized carbons (Fsp3) is 0.919. The molecule has 0 aromatic carbocycles. The first-order valence-electron chi connectivity index (χ1n) is 17.8. The third kappa shape index (κ3) is 5.23. The van der Waals surface area contributed by atoms with E-state index in [1.165, 1.54) is 5.57 Å². The van der Waals surface area contributed by atoms with Gasteiger partial charge in [0.15, 0.2) is 0 Å². The minimum Gasteiger partial charge on any atom is -0.465 e. The number of aliphatic hydroxyl groups excluding tert-OH is 4. The maximum Gasteiger partial charge on any atom is 0.312 e. The summed E-state index contributed by atoms with van der Waals surface area (Å²) in [5, 5.41) is 40.3. The molecule has 5 rings (SSSR count). The van der Waals surface area contributed by atoms with Gasteiger partial charge in [-0.15, -0.1) is 0 Å². The average Bonchev–Trinajstić information content (AvgIpc) is 2.97. The van der Waals surface area contributed by atoms with Gasteiger partial charge in [-0.2, -0.15) is 0 Å². The highest BCUT2D eigenvalue weighted by Gasteiger charge is 2.69. The van der Waals surface area contributed by atoms with Gasteiger partial charge in [-0.3, -0.25) is 9.69 Å². The van der Waals surface area contributed by atoms with Crippen molar-refractivity contribution >= 4 is 5.97 Å². The van der Waals surface area contributed by atoms with Gasteiger partial charge in [0.25, 0.3) is 0 Å². The number of esters is 1. The lowest BCUT2D eigenvalue weighted by Crippen LogP contribution is -2.66. The van der Waals surface area contributed by atoms with Gasteiger partial charge in [-0.25, -0.2) is 0 Å². The van der Waals surface area contributed by atoms with E-state index in [0.29, 0.717) is 44.5 Å². The molecule has 44 heavy (non-hydrogen) atoms. The van der Waals surface area contributed by atoms with Crippen molar-refractivity contribution in [3.63, 3.8) is 0 Å². The van der Waals surface area contributed by atoms with Gasteiger partial charge >= 0.3 is 5.97 Å². The summed E-state index contributed by atoms with van der Waals surface area (Å²) in [4.78, 5) is 16.2. The zero-order valence-corrected chi connectivity index (χ0v) is 28.7. The Kier molecular flexibility index (Phi) is 9.55. The van der Waals surface area contributed by atoms with Crippen molar-refractivity contribution in [1.29, 1.82) is 0 Å². The number of ether oxygens (including phenoxy) is 1. The Morgan fingerprint density at radius 3 is 2.23 bits per heavy atom. The van der Waals surface area contributed by atoms with Crippen LogP contribution in [0.15, 0.2) is 11.6 Å². The molecule has 0 heterocycles. The first kappa shape index (κ1) is 34.3. The zero-order valence-electron chi connectivity index (χ0n) is 28.7. The van der Waals surface area contributed by atoms with E-state index in [-0.39, 0.29) is 53.4 Å². The molecule has 0 aliphatic heterocycles. The minimum atomic E-state index is -0.467. The maximum absolute atomic E-state index is 14.2. The molecule has 0 saturated heterocycles. The highest BCUT2D eigenvalue weighted by molar-refractivity contribution is 5.78. The monoisotopic (exact) mass is 617 g/mol. The summed E-state index contributed by atoms with van der Waals surface area (Å²) < 4.78 is 6.13. The van der Waals surface area contributed by atoms with Crippen LogP contribution in [0.3, 0.4) is 0 Å². The Morgan fingerprint density at radius 1 is 0.886 bits per heavy atom. The molecular weight excluding hydrogens is 554 g/mol. The normalized spacial score (nSPS) is 44.6. The van der Waals surface area contributed by atoms with E-state index < -0.39 is 16.9 Å². The maximum atomic E-state index is 14.2. The molecule has 7 heteroatoms. The van der Waals surface area contributed by atoms with Crippen LogP contribution in [0.25, 0.3) is 0 Å². The van der Waals surface area contributed by atoms with Gasteiger partial charge in [0.1, 0.15) is 0 Å². The van der Waals surface area contributed by atoms with E-state index in [2.05, 4.69) is 47.6 Å². The van der Waals surface area contributed by atoms with E-state index in [9.17, 15) is 25.2 Å². The van der Waals surface area contributed by atoms with Crippen molar-refractivity contribution < 1.29 is 30.0 Å². The van der Waals surface area contributed by atoms with Crippen LogP contribution < -0.4 is 0 Å². The minimum absolute atomic E-state index is 0.00648. The Balaban J connectivity index is 1.42. The van der Waals surface area contributed by atoms with Crippen LogP contribution >= 0.6 is 0 Å². The summed E-state index contributed by atoms with van der Waals surface area (Å²) in [7, 11) is 0. The Hall–Kier alpha value is -0.990. The standard InChI is InChI=1S/C37H63NO6/c1-32(2)14-16-37(31(43)44-23-7-18-38(19-21-39)20-22-40)17-15-35(5)26(27(37)24-32)8-9-29-33(3)12-11-30(42)34(4,25-41)28(33)10-13-36(29,35)6/h8,27-30,39-42H,7,9-25H2,1-6H3/t27-,28+,29+,30-,33-,34-,35+,36+,37-/m0/s1. The number of carbonyl (C=O) groups is 1. The van der Waals surface area contributed by atoms with Gasteiger partial charge < -0.3 is 25.2 Å². The van der Waals surface area contributed by atoms with E-state index >= 15 is 0 Å². The molecule has 4 saturated carbocycles. The second-order valence-corrected chi connectivity index (χ2v) is 17.4. The molecule has 0 bridgehead atoms. The van der Waals surface area contributed by atoms with Gasteiger partial charge in [-0.1, -0.05) is 53.2 Å². The fourth-order valence-corrected chi connectivity index (χ4v) is 11.8. The Bertz CT molecular complexity index is 1090. The van der Waals surface area contributed by atoms with Gasteiger partial charge in [0, 0.05) is 25.0 Å². The van der Waals surface area contributed by atoms with Crippen LogP contribution in [-0.2, 0) is 9.53 Å². The molecule has 0 radical (unpaired) electrons. The topological polar surface area (TPSA) is 110 Å². The van der Waals surface area contributed by atoms with Crippen LogP contribution in [0.1, 0.15) is 112 Å². The summed E-state index contributed by atoms with van der Waals surface area (Å²) in [6.45, 7) is 16.6. The molecule has 5 aliphatic rings. The number of fused-ring (bicyclic) bond motifs is 7. The third-order valence-electron chi connectivity index (χ3n) is 14.8. The van der Waals surface area contributed by atoms with Crippen molar-refractivity contribution in [1.82, 2.24) is 4.90 Å².